The Morgan fingerprint density at radius 3 is 1.91 bits per heavy atom. The van der Waals surface area contributed by atoms with E-state index in [1.807, 2.05) is 83.8 Å². The van der Waals surface area contributed by atoms with Gasteiger partial charge in [0.05, 0.1) is 5.92 Å². The highest BCUT2D eigenvalue weighted by Gasteiger charge is 2.30. The number of aromatic nitrogens is 2. The van der Waals surface area contributed by atoms with Gasteiger partial charge in [0.15, 0.2) is 0 Å². The maximum atomic E-state index is 13.6. The zero-order valence-electron chi connectivity index (χ0n) is 18.4. The third kappa shape index (κ3) is 4.96. The first-order chi connectivity index (χ1) is 16.3. The van der Waals surface area contributed by atoms with Crippen LogP contribution < -0.4 is 4.90 Å². The lowest BCUT2D eigenvalue weighted by Crippen LogP contribution is -2.50. The molecule has 3 aromatic carbocycles. The number of anilines is 1. The number of amides is 1. The Kier molecular flexibility index (Phi) is 6.44. The number of nitrogens with zero attached hydrogens (tertiary/aromatic N) is 4. The molecule has 1 aliphatic heterocycles. The van der Waals surface area contributed by atoms with Gasteiger partial charge in [0.25, 0.3) is 0 Å². The molecular weight excluding hydrogens is 428 g/mol. The minimum atomic E-state index is -0.280. The molecule has 1 saturated heterocycles. The zero-order valence-corrected chi connectivity index (χ0v) is 19.2. The van der Waals surface area contributed by atoms with Gasteiger partial charge in [-0.15, -0.1) is 0 Å². The number of rotatable bonds is 6. The Morgan fingerprint density at radius 2 is 1.33 bits per heavy atom. The molecule has 1 aromatic heterocycles. The van der Waals surface area contributed by atoms with Crippen LogP contribution in [0.3, 0.4) is 0 Å². The molecule has 1 fully saturated rings. The predicted octanol–water partition coefficient (Wildman–Crippen LogP) is 4.61. The molecule has 0 atom stereocenters. The van der Waals surface area contributed by atoms with Crippen LogP contribution in [0.25, 0.3) is 0 Å². The fraction of sp³-hybridized carbons (Fsp3) is 0.222. The van der Waals surface area contributed by atoms with E-state index in [0.29, 0.717) is 13.1 Å². The summed E-state index contributed by atoms with van der Waals surface area (Å²) < 4.78 is 4.56. The molecular formula is C27H26N4OS. The molecule has 5 rings (SSSR count). The average molecular weight is 455 g/mol. The van der Waals surface area contributed by atoms with Gasteiger partial charge in [-0.05, 0) is 16.7 Å². The summed E-state index contributed by atoms with van der Waals surface area (Å²) in [5.41, 5.74) is 3.28. The lowest BCUT2D eigenvalue weighted by molar-refractivity contribution is -0.132. The quantitative estimate of drug-likeness (QED) is 0.427. The molecule has 0 radical (unpaired) electrons. The van der Waals surface area contributed by atoms with Crippen LogP contribution in [-0.2, 0) is 11.2 Å². The summed E-state index contributed by atoms with van der Waals surface area (Å²) in [4.78, 5) is 22.6. The third-order valence-corrected chi connectivity index (χ3v) is 6.85. The van der Waals surface area contributed by atoms with Crippen molar-refractivity contribution < 1.29 is 4.79 Å². The first kappa shape index (κ1) is 21.3. The molecule has 5 nitrogen and oxygen atoms in total. The molecule has 0 bridgehead atoms. The van der Waals surface area contributed by atoms with Crippen LogP contribution in [0.15, 0.2) is 91.0 Å². The van der Waals surface area contributed by atoms with Gasteiger partial charge >= 0.3 is 0 Å². The fourth-order valence-corrected chi connectivity index (χ4v) is 5.03. The summed E-state index contributed by atoms with van der Waals surface area (Å²) in [6.07, 6.45) is 0.742. The number of carbonyl (C=O) groups is 1. The smallest absolute Gasteiger partial charge is 0.234 e. The summed E-state index contributed by atoms with van der Waals surface area (Å²) >= 11 is 1.45. The Hall–Kier alpha value is -3.51. The van der Waals surface area contributed by atoms with E-state index in [2.05, 4.69) is 21.4 Å². The molecule has 4 aromatic rings. The molecule has 0 aliphatic carbocycles. The Morgan fingerprint density at radius 1 is 0.788 bits per heavy atom. The summed E-state index contributed by atoms with van der Waals surface area (Å²) in [7, 11) is 0. The number of carbonyl (C=O) groups excluding carboxylic acids is 1. The lowest BCUT2D eigenvalue weighted by atomic mass is 9.90. The van der Waals surface area contributed by atoms with E-state index in [0.717, 1.165) is 41.6 Å². The Balaban J connectivity index is 1.26. The summed E-state index contributed by atoms with van der Waals surface area (Å²) in [6, 6.07) is 30.4. The molecule has 1 amide bonds. The largest absolute Gasteiger partial charge is 0.343 e. The number of hydrogen-bond donors (Lipinski definition) is 0. The normalized spacial score (nSPS) is 14.0. The van der Waals surface area contributed by atoms with Crippen LogP contribution in [0, 0.1) is 0 Å². The van der Waals surface area contributed by atoms with E-state index < -0.39 is 0 Å². The molecule has 6 heteroatoms. The van der Waals surface area contributed by atoms with Crippen molar-refractivity contribution in [2.45, 2.75) is 12.3 Å². The predicted molar refractivity (Wildman–Crippen MR) is 133 cm³/mol. The van der Waals surface area contributed by atoms with Crippen LogP contribution in [0.1, 0.15) is 28.4 Å². The van der Waals surface area contributed by atoms with Crippen molar-refractivity contribution in [3.63, 3.8) is 0 Å². The van der Waals surface area contributed by atoms with Gasteiger partial charge in [0.1, 0.15) is 5.82 Å². The van der Waals surface area contributed by atoms with E-state index >= 15 is 0 Å². The molecule has 2 heterocycles. The minimum Gasteiger partial charge on any atom is -0.343 e. The van der Waals surface area contributed by atoms with Crippen molar-refractivity contribution in [3.05, 3.63) is 114 Å². The highest BCUT2D eigenvalue weighted by atomic mass is 32.1. The van der Waals surface area contributed by atoms with Crippen molar-refractivity contribution in [2.75, 3.05) is 31.1 Å². The minimum absolute atomic E-state index is 0.161. The standard InChI is InChI=1S/C27H26N4OS/c32-26(25(22-12-6-2-7-13-22)23-14-8-3-9-15-23)30-16-18-31(19-17-30)27-28-24(29-33-27)20-21-10-4-1-5-11-21/h1-15,25H,16-20H2. The van der Waals surface area contributed by atoms with Crippen molar-refractivity contribution in [3.8, 4) is 0 Å². The van der Waals surface area contributed by atoms with Crippen molar-refractivity contribution in [1.82, 2.24) is 14.3 Å². The van der Waals surface area contributed by atoms with Crippen molar-refractivity contribution >= 4 is 22.6 Å². The van der Waals surface area contributed by atoms with Gasteiger partial charge in [-0.2, -0.15) is 4.37 Å². The second kappa shape index (κ2) is 9.96. The van der Waals surface area contributed by atoms with Gasteiger partial charge in [-0.25, -0.2) is 4.98 Å². The SMILES string of the molecule is O=C(C(c1ccccc1)c1ccccc1)N1CCN(c2nc(Cc3ccccc3)ns2)CC1. The Labute approximate surface area is 198 Å². The van der Waals surface area contributed by atoms with Gasteiger partial charge in [-0.1, -0.05) is 91.0 Å². The maximum Gasteiger partial charge on any atom is 0.234 e. The maximum absolute atomic E-state index is 13.6. The van der Waals surface area contributed by atoms with Gasteiger partial charge in [0, 0.05) is 44.1 Å². The van der Waals surface area contributed by atoms with Crippen molar-refractivity contribution in [1.29, 1.82) is 0 Å². The van der Waals surface area contributed by atoms with Gasteiger partial charge in [0.2, 0.25) is 11.0 Å². The van der Waals surface area contributed by atoms with Crippen LogP contribution in [-0.4, -0.2) is 46.3 Å². The highest BCUT2D eigenvalue weighted by molar-refractivity contribution is 7.09. The summed E-state index contributed by atoms with van der Waals surface area (Å²) in [5.74, 6) is 0.736. The monoisotopic (exact) mass is 454 g/mol. The second-order valence-electron chi connectivity index (χ2n) is 8.22. The average Bonchev–Trinajstić information content (AvgIpc) is 3.35. The van der Waals surface area contributed by atoms with Crippen LogP contribution in [0.4, 0.5) is 5.13 Å². The molecule has 0 unspecified atom stereocenters. The number of benzene rings is 3. The van der Waals surface area contributed by atoms with Crippen LogP contribution in [0.5, 0.6) is 0 Å². The Bertz CT molecular complexity index is 1130. The van der Waals surface area contributed by atoms with Crippen molar-refractivity contribution in [2.24, 2.45) is 0 Å². The van der Waals surface area contributed by atoms with E-state index in [1.54, 1.807) is 0 Å². The summed E-state index contributed by atoms with van der Waals surface area (Å²) in [6.45, 7) is 2.90. The molecule has 1 aliphatic rings. The molecule has 0 N–H and O–H groups in total. The van der Waals surface area contributed by atoms with Gasteiger partial charge < -0.3 is 9.80 Å². The van der Waals surface area contributed by atoms with E-state index in [-0.39, 0.29) is 11.8 Å². The van der Waals surface area contributed by atoms with Crippen LogP contribution >= 0.6 is 11.5 Å². The lowest BCUT2D eigenvalue weighted by Gasteiger charge is -2.36. The van der Waals surface area contributed by atoms with Crippen LogP contribution in [0.2, 0.25) is 0 Å². The topological polar surface area (TPSA) is 49.3 Å². The zero-order chi connectivity index (χ0) is 22.5. The molecule has 0 saturated carbocycles. The number of hydrogen-bond acceptors (Lipinski definition) is 5. The third-order valence-electron chi connectivity index (χ3n) is 6.04. The van der Waals surface area contributed by atoms with E-state index in [4.69, 9.17) is 4.98 Å². The first-order valence-corrected chi connectivity index (χ1v) is 12.1. The fourth-order valence-electron chi connectivity index (χ4n) is 4.29. The summed E-state index contributed by atoms with van der Waals surface area (Å²) in [5, 5.41) is 0.940. The molecule has 0 spiro atoms. The van der Waals surface area contributed by atoms with Gasteiger partial charge in [-0.3, -0.25) is 4.79 Å². The van der Waals surface area contributed by atoms with E-state index in [1.165, 1.54) is 17.1 Å². The highest BCUT2D eigenvalue weighted by Crippen LogP contribution is 2.28. The number of piperazine rings is 1. The first-order valence-electron chi connectivity index (χ1n) is 11.3. The second-order valence-corrected chi connectivity index (χ2v) is 8.95. The van der Waals surface area contributed by atoms with E-state index in [9.17, 15) is 4.79 Å². The molecule has 33 heavy (non-hydrogen) atoms. The molecule has 166 valence electrons.